The third kappa shape index (κ3) is 25.5. The molecular weight excluding hydrogens is 850 g/mol. The Labute approximate surface area is 300 Å². The highest BCUT2D eigenvalue weighted by Gasteiger charge is 2.37. The molecular formula is C26H50B2I2N4O9P2. The van der Waals surface area contributed by atoms with Gasteiger partial charge in [0.1, 0.15) is 25.3 Å². The van der Waals surface area contributed by atoms with Crippen molar-refractivity contribution in [2.45, 2.75) is 70.0 Å². The van der Waals surface area contributed by atoms with E-state index in [0.717, 1.165) is 32.9 Å². The summed E-state index contributed by atoms with van der Waals surface area (Å²) in [5, 5.41) is 41.3. The van der Waals surface area contributed by atoms with Crippen molar-refractivity contribution in [3.05, 3.63) is 0 Å². The van der Waals surface area contributed by atoms with Crippen LogP contribution in [-0.4, -0.2) is 154 Å². The molecule has 45 heavy (non-hydrogen) atoms. The summed E-state index contributed by atoms with van der Waals surface area (Å²) in [6.07, 6.45) is 1.19. The Morgan fingerprint density at radius 2 is 1.49 bits per heavy atom. The minimum Gasteiger partial charge on any atom is -0.550 e. The molecule has 0 aromatic rings. The van der Waals surface area contributed by atoms with Gasteiger partial charge in [-0.05, 0) is 20.8 Å². The van der Waals surface area contributed by atoms with E-state index in [1.807, 2.05) is 41.3 Å². The summed E-state index contributed by atoms with van der Waals surface area (Å²) in [6.45, 7) is 8.53. The van der Waals surface area contributed by atoms with Crippen LogP contribution in [0.4, 0.5) is 0 Å². The number of aliphatic carboxylic acids is 2. The number of carbonyl (C=O) groups excluding carboxylic acids is 5. The first-order valence-corrected chi connectivity index (χ1v) is 19.3. The highest BCUT2D eigenvalue weighted by Crippen LogP contribution is 2.30. The molecule has 0 bridgehead atoms. The van der Waals surface area contributed by atoms with Crippen LogP contribution < -0.4 is 15.5 Å². The third-order valence-corrected chi connectivity index (χ3v) is 10.5. The lowest BCUT2D eigenvalue weighted by Gasteiger charge is -2.31. The number of rotatable bonds is 19. The van der Waals surface area contributed by atoms with Gasteiger partial charge in [0.15, 0.2) is 0 Å². The van der Waals surface area contributed by atoms with Gasteiger partial charge in [-0.2, -0.15) is 44.7 Å². The fourth-order valence-electron chi connectivity index (χ4n) is 4.67. The monoisotopic (exact) mass is 900 g/mol. The largest absolute Gasteiger partial charge is 0.550 e. The summed E-state index contributed by atoms with van der Waals surface area (Å²) in [4.78, 5) is 60.4. The van der Waals surface area contributed by atoms with Crippen LogP contribution in [0, 0.1) is 0 Å². The number of nitrogens with one attached hydrogen (secondary N) is 1. The van der Waals surface area contributed by atoms with Crippen molar-refractivity contribution in [1.29, 1.82) is 0 Å². The van der Waals surface area contributed by atoms with Crippen molar-refractivity contribution in [1.82, 2.24) is 10.2 Å². The van der Waals surface area contributed by atoms with Crippen LogP contribution in [0.5, 0.6) is 0 Å². The Morgan fingerprint density at radius 1 is 1.00 bits per heavy atom. The van der Waals surface area contributed by atoms with Gasteiger partial charge in [0.2, 0.25) is 27.4 Å². The molecule has 1 rings (SSSR count). The molecule has 1 aliphatic rings. The minimum atomic E-state index is -1.17. The van der Waals surface area contributed by atoms with Crippen molar-refractivity contribution in [3.8, 4) is 0 Å². The van der Waals surface area contributed by atoms with Crippen LogP contribution in [0.25, 0.3) is 0 Å². The summed E-state index contributed by atoms with van der Waals surface area (Å²) < 4.78 is 1.38. The Balaban J connectivity index is 0. The molecule has 258 valence electrons. The standard InChI is InChI=1S/C12H24BIN2O4P.C12H23BIN2O3P.C2H4O2/c1-9(17)8-16(2,3)6-4-5-15-11(18)7-10(12(19)20)21-13-14;1-9(17)8-16(2,3)6-4-5-15-11(18)7-10(12(15)19)20-13-14;1-2(3)4/h9-10,17,21H,4-8H2,1-3H3,(H-,15,18,19,20);9-10,17,20H,4-8H2,1-3H3;1H3,(H,3,4)/q;+1;/p-1. The summed E-state index contributed by atoms with van der Waals surface area (Å²) in [6, 6.07) is 0. The van der Waals surface area contributed by atoms with E-state index >= 15 is 0 Å². The van der Waals surface area contributed by atoms with Gasteiger partial charge in [0.05, 0.1) is 46.9 Å². The zero-order chi connectivity index (χ0) is 35.4. The highest BCUT2D eigenvalue weighted by atomic mass is 127. The number of hydrogen-bond acceptors (Lipinski definition) is 9. The number of nitrogens with zero attached hydrogens (tertiary/aromatic N) is 3. The van der Waals surface area contributed by atoms with E-state index in [1.165, 1.54) is 4.90 Å². The molecule has 0 saturated carbocycles. The molecule has 13 nitrogen and oxygen atoms in total. The summed E-state index contributed by atoms with van der Waals surface area (Å²) in [7, 11) is 8.66. The van der Waals surface area contributed by atoms with E-state index < -0.39 is 17.6 Å². The molecule has 6 atom stereocenters. The van der Waals surface area contributed by atoms with E-state index in [2.05, 4.69) is 41.8 Å². The van der Waals surface area contributed by atoms with Crippen LogP contribution >= 0.6 is 61.7 Å². The number of hydrogen-bond donors (Lipinski definition) is 3. The number of aliphatic hydroxyl groups is 2. The van der Waals surface area contributed by atoms with Crippen molar-refractivity contribution < 1.29 is 53.4 Å². The fourth-order valence-corrected chi connectivity index (χ4v) is 8.61. The molecule has 19 heteroatoms. The number of halogens is 2. The molecule has 1 aliphatic heterocycles. The van der Waals surface area contributed by atoms with E-state index in [-0.39, 0.29) is 50.5 Å². The minimum absolute atomic E-state index is 0.0120. The molecule has 0 aliphatic carbocycles. The van der Waals surface area contributed by atoms with Crippen molar-refractivity contribution >= 4 is 101 Å². The smallest absolute Gasteiger partial charge is 0.236 e. The Hall–Kier alpha value is -0.160. The quantitative estimate of drug-likeness (QED) is 0.0346. The first kappa shape index (κ1) is 47.0. The van der Waals surface area contributed by atoms with E-state index in [9.17, 15) is 34.5 Å². The summed E-state index contributed by atoms with van der Waals surface area (Å²) in [5.74, 6) is -2.56. The van der Waals surface area contributed by atoms with E-state index in [4.69, 9.17) is 9.90 Å². The molecule has 0 aromatic carbocycles. The van der Waals surface area contributed by atoms with Crippen LogP contribution in [0.2, 0.25) is 0 Å². The maximum atomic E-state index is 12.1. The lowest BCUT2D eigenvalue weighted by atomic mass is 10.2. The molecule has 3 amide bonds. The number of carboxylic acids is 2. The number of quaternary nitrogens is 2. The van der Waals surface area contributed by atoms with Gasteiger partial charge in [-0.3, -0.25) is 19.3 Å². The lowest BCUT2D eigenvalue weighted by Crippen LogP contribution is -2.46. The van der Waals surface area contributed by atoms with Gasteiger partial charge >= 0.3 is 0 Å². The lowest BCUT2D eigenvalue weighted by molar-refractivity contribution is -0.893. The molecule has 1 heterocycles. The molecule has 6 unspecified atom stereocenters. The normalized spacial score (nSPS) is 17.3. The molecule has 2 radical (unpaired) electrons. The van der Waals surface area contributed by atoms with Crippen LogP contribution in [0.1, 0.15) is 46.5 Å². The van der Waals surface area contributed by atoms with Gasteiger partial charge in [-0.25, -0.2) is 0 Å². The highest BCUT2D eigenvalue weighted by molar-refractivity contribution is 14.1. The number of carbonyl (C=O) groups is 5. The van der Waals surface area contributed by atoms with Gasteiger partial charge in [0.25, 0.3) is 0 Å². The fraction of sp³-hybridized carbons (Fsp3) is 0.808. The third-order valence-electron chi connectivity index (χ3n) is 6.37. The molecule has 1 saturated heterocycles. The van der Waals surface area contributed by atoms with Gasteiger partial charge in [-0.1, -0.05) is 0 Å². The second-order valence-corrected chi connectivity index (χ2v) is 18.4. The number of aliphatic hydroxyl groups excluding tert-OH is 2. The predicted molar refractivity (Wildman–Crippen MR) is 195 cm³/mol. The van der Waals surface area contributed by atoms with Gasteiger partial charge in [-0.15, -0.1) is 16.9 Å². The Morgan fingerprint density at radius 3 is 1.91 bits per heavy atom. The molecule has 3 N–H and O–H groups in total. The summed E-state index contributed by atoms with van der Waals surface area (Å²) >= 11 is 4.11. The van der Waals surface area contributed by atoms with Gasteiger partial charge < -0.3 is 44.3 Å². The first-order chi connectivity index (χ1) is 20.7. The topological polar surface area (TPSA) is 187 Å². The molecule has 0 spiro atoms. The molecule has 1 fully saturated rings. The number of imide groups is 1. The van der Waals surface area contributed by atoms with Gasteiger partial charge in [0, 0.05) is 56.4 Å². The summed E-state index contributed by atoms with van der Waals surface area (Å²) in [5.41, 5.74) is -0.858. The second-order valence-electron chi connectivity index (χ2n) is 12.2. The number of carboxylic acid groups (broad SMARTS) is 2. The number of likely N-dealkylation sites (tertiary alicyclic amines) is 1. The SMILES string of the molecule is CC(=O)[O-].CC(O)C[N+](C)(C)CCCN1C(=O)CC(P[B]I)C1=O.CC(O)C[N+](C)(C)CCCNC(=O)CC(P[B]I)C(=O)[O-]. The van der Waals surface area contributed by atoms with Crippen molar-refractivity contribution in [2.75, 3.05) is 67.5 Å². The number of amides is 3. The zero-order valence-corrected chi connectivity index (χ0v) is 33.7. The predicted octanol–water partition coefficient (Wildman–Crippen LogP) is -1.53. The molecule has 0 aromatic heterocycles. The van der Waals surface area contributed by atoms with Crippen LogP contribution in [0.15, 0.2) is 0 Å². The van der Waals surface area contributed by atoms with E-state index in [0.29, 0.717) is 50.0 Å². The van der Waals surface area contributed by atoms with Crippen LogP contribution in [0.3, 0.4) is 0 Å². The Bertz CT molecular complexity index is 935. The first-order valence-electron chi connectivity index (χ1n) is 14.5. The zero-order valence-electron chi connectivity index (χ0n) is 27.4. The maximum absolute atomic E-state index is 12.1. The Kier molecular flexibility index (Phi) is 26.0. The second kappa shape index (κ2) is 24.9. The van der Waals surface area contributed by atoms with Crippen molar-refractivity contribution in [2.24, 2.45) is 0 Å². The maximum Gasteiger partial charge on any atom is 0.236 e. The van der Waals surface area contributed by atoms with E-state index in [1.54, 1.807) is 18.7 Å². The average Bonchev–Trinajstić information content (AvgIpc) is 3.12. The number of likely N-dealkylation sites (N-methyl/N-ethyl adjacent to an activating group) is 2. The van der Waals surface area contributed by atoms with Crippen molar-refractivity contribution in [3.63, 3.8) is 0 Å². The van der Waals surface area contributed by atoms with Crippen LogP contribution in [-0.2, 0) is 24.0 Å². The average molecular weight is 900 g/mol.